The number of unbranched alkanes of at least 4 members (excludes halogenated alkanes) is 2. The van der Waals surface area contributed by atoms with Crippen molar-refractivity contribution < 1.29 is 0 Å². The number of benzene rings is 1. The maximum Gasteiger partial charge on any atom is 0.0404 e. The third-order valence-corrected chi connectivity index (χ3v) is 8.30. The predicted molar refractivity (Wildman–Crippen MR) is 136 cm³/mol. The number of hydrogen-bond donors (Lipinski definition) is 0. The molecule has 31 heavy (non-hydrogen) atoms. The number of anilines is 2. The number of nitrogens with zero attached hydrogens (tertiary/aromatic N) is 3. The van der Waals surface area contributed by atoms with Crippen LogP contribution in [0.15, 0.2) is 18.2 Å². The van der Waals surface area contributed by atoms with Gasteiger partial charge in [0, 0.05) is 50.6 Å². The predicted octanol–water partition coefficient (Wildman–Crippen LogP) is 6.67. The van der Waals surface area contributed by atoms with Crippen molar-refractivity contribution in [3.8, 4) is 0 Å². The van der Waals surface area contributed by atoms with Gasteiger partial charge in [0.15, 0.2) is 0 Å². The lowest BCUT2D eigenvalue weighted by Gasteiger charge is -2.40. The van der Waals surface area contributed by atoms with Crippen molar-refractivity contribution >= 4 is 11.4 Å². The summed E-state index contributed by atoms with van der Waals surface area (Å²) in [5.74, 6) is 0.746. The average molecular weight is 426 g/mol. The highest BCUT2D eigenvalue weighted by molar-refractivity contribution is 5.63. The minimum absolute atomic E-state index is 0.533. The third kappa shape index (κ3) is 5.97. The quantitative estimate of drug-likeness (QED) is 0.452. The number of piperazine rings is 1. The molecular weight excluding hydrogens is 378 g/mol. The van der Waals surface area contributed by atoms with Crippen molar-refractivity contribution in [3.63, 3.8) is 0 Å². The van der Waals surface area contributed by atoms with Gasteiger partial charge in [-0.2, -0.15) is 0 Å². The molecule has 4 rings (SSSR count). The van der Waals surface area contributed by atoms with Crippen molar-refractivity contribution in [1.29, 1.82) is 0 Å². The van der Waals surface area contributed by atoms with Gasteiger partial charge in [0.05, 0.1) is 0 Å². The SMILES string of the molecule is CCCCCN1CCN(c2ccc(N3CCCCC3)cc2C2CCC(C)(C)CC2)CC1. The van der Waals surface area contributed by atoms with Gasteiger partial charge in [-0.25, -0.2) is 0 Å². The summed E-state index contributed by atoms with van der Waals surface area (Å²) in [5.41, 5.74) is 5.24. The zero-order chi connectivity index (χ0) is 21.7. The lowest BCUT2D eigenvalue weighted by Crippen LogP contribution is -2.47. The first-order valence-corrected chi connectivity index (χ1v) is 13.4. The Balaban J connectivity index is 1.49. The Hall–Kier alpha value is -1.22. The summed E-state index contributed by atoms with van der Waals surface area (Å²) in [6.45, 7) is 15.9. The largest absolute Gasteiger partial charge is 0.372 e. The van der Waals surface area contributed by atoms with Gasteiger partial charge in [0.25, 0.3) is 0 Å². The second-order valence-electron chi connectivity index (χ2n) is 11.3. The van der Waals surface area contributed by atoms with E-state index in [1.54, 1.807) is 11.3 Å². The number of rotatable bonds is 7. The van der Waals surface area contributed by atoms with Crippen LogP contribution in [-0.2, 0) is 0 Å². The van der Waals surface area contributed by atoms with Gasteiger partial charge in [-0.1, -0.05) is 33.6 Å². The van der Waals surface area contributed by atoms with Crippen molar-refractivity contribution in [2.24, 2.45) is 5.41 Å². The molecule has 0 atom stereocenters. The molecule has 0 radical (unpaired) electrons. The molecule has 1 saturated carbocycles. The normalized spacial score (nSPS) is 23.3. The van der Waals surface area contributed by atoms with Crippen LogP contribution < -0.4 is 9.80 Å². The summed E-state index contributed by atoms with van der Waals surface area (Å²) < 4.78 is 0. The van der Waals surface area contributed by atoms with E-state index in [1.165, 1.54) is 116 Å². The lowest BCUT2D eigenvalue weighted by atomic mass is 9.71. The molecule has 0 aromatic heterocycles. The average Bonchev–Trinajstić information content (AvgIpc) is 2.80. The molecule has 0 unspecified atom stereocenters. The molecule has 3 heteroatoms. The Bertz CT molecular complexity index is 673. The van der Waals surface area contributed by atoms with Crippen LogP contribution in [0.5, 0.6) is 0 Å². The van der Waals surface area contributed by atoms with Crippen LogP contribution in [0.3, 0.4) is 0 Å². The highest BCUT2D eigenvalue weighted by Gasteiger charge is 2.30. The topological polar surface area (TPSA) is 9.72 Å². The smallest absolute Gasteiger partial charge is 0.0404 e. The first-order chi connectivity index (χ1) is 15.1. The van der Waals surface area contributed by atoms with E-state index in [0.717, 1.165) is 5.92 Å². The Morgan fingerprint density at radius 2 is 1.55 bits per heavy atom. The van der Waals surface area contributed by atoms with Crippen LogP contribution in [-0.4, -0.2) is 50.7 Å². The fourth-order valence-electron chi connectivity index (χ4n) is 6.01. The van der Waals surface area contributed by atoms with E-state index in [-0.39, 0.29) is 0 Å². The van der Waals surface area contributed by atoms with E-state index < -0.39 is 0 Å². The summed E-state index contributed by atoms with van der Waals surface area (Å²) in [7, 11) is 0. The van der Waals surface area contributed by atoms with Gasteiger partial charge in [-0.05, 0) is 93.0 Å². The minimum atomic E-state index is 0.533. The summed E-state index contributed by atoms with van der Waals surface area (Å²) in [6.07, 6.45) is 13.6. The molecule has 0 amide bonds. The first kappa shape index (κ1) is 23.0. The molecule has 0 spiro atoms. The second kappa shape index (κ2) is 10.6. The maximum atomic E-state index is 2.71. The van der Waals surface area contributed by atoms with E-state index in [4.69, 9.17) is 0 Å². The van der Waals surface area contributed by atoms with E-state index in [1.807, 2.05) is 0 Å². The van der Waals surface area contributed by atoms with Crippen molar-refractivity contribution in [2.75, 3.05) is 55.6 Å². The molecule has 1 aliphatic carbocycles. The van der Waals surface area contributed by atoms with E-state index in [9.17, 15) is 0 Å². The lowest BCUT2D eigenvalue weighted by molar-refractivity contribution is 0.224. The van der Waals surface area contributed by atoms with Gasteiger partial charge < -0.3 is 9.80 Å². The molecule has 3 nitrogen and oxygen atoms in total. The summed E-state index contributed by atoms with van der Waals surface area (Å²) in [4.78, 5) is 8.05. The summed E-state index contributed by atoms with van der Waals surface area (Å²) in [5, 5.41) is 0. The van der Waals surface area contributed by atoms with Gasteiger partial charge >= 0.3 is 0 Å². The summed E-state index contributed by atoms with van der Waals surface area (Å²) in [6, 6.07) is 7.54. The standard InChI is InChI=1S/C28H47N3/c1-4-5-7-16-29-19-21-31(22-20-29)27-11-10-25(30-17-8-6-9-18-30)23-26(27)24-12-14-28(2,3)15-13-24/h10-11,23-24H,4-9,12-22H2,1-3H3. The molecule has 0 bridgehead atoms. The zero-order valence-corrected chi connectivity index (χ0v) is 20.7. The monoisotopic (exact) mass is 425 g/mol. The fraction of sp³-hybridized carbons (Fsp3) is 0.786. The van der Waals surface area contributed by atoms with Crippen LogP contribution in [0, 0.1) is 5.41 Å². The molecule has 3 aliphatic rings. The molecular formula is C28H47N3. The molecule has 2 heterocycles. The van der Waals surface area contributed by atoms with Crippen LogP contribution >= 0.6 is 0 Å². The van der Waals surface area contributed by atoms with Crippen molar-refractivity contribution in [2.45, 2.75) is 90.9 Å². The third-order valence-electron chi connectivity index (χ3n) is 8.30. The van der Waals surface area contributed by atoms with E-state index in [2.05, 4.69) is 53.7 Å². The summed E-state index contributed by atoms with van der Waals surface area (Å²) >= 11 is 0. The Morgan fingerprint density at radius 1 is 0.839 bits per heavy atom. The van der Waals surface area contributed by atoms with Gasteiger partial charge in [-0.15, -0.1) is 0 Å². The Kier molecular flexibility index (Phi) is 7.85. The molecule has 2 saturated heterocycles. The number of piperidine rings is 1. The van der Waals surface area contributed by atoms with E-state index in [0.29, 0.717) is 5.41 Å². The molecule has 1 aromatic carbocycles. The molecule has 174 valence electrons. The molecule has 2 aliphatic heterocycles. The highest BCUT2D eigenvalue weighted by atomic mass is 15.3. The highest BCUT2D eigenvalue weighted by Crippen LogP contribution is 2.45. The van der Waals surface area contributed by atoms with Gasteiger partial charge in [-0.3, -0.25) is 4.90 Å². The Labute approximate surface area is 192 Å². The van der Waals surface area contributed by atoms with Crippen LogP contribution in [0.1, 0.15) is 96.5 Å². The van der Waals surface area contributed by atoms with Crippen molar-refractivity contribution in [3.05, 3.63) is 23.8 Å². The first-order valence-electron chi connectivity index (χ1n) is 13.4. The fourth-order valence-corrected chi connectivity index (χ4v) is 6.01. The van der Waals surface area contributed by atoms with Crippen LogP contribution in [0.25, 0.3) is 0 Å². The van der Waals surface area contributed by atoms with Crippen molar-refractivity contribution in [1.82, 2.24) is 4.90 Å². The van der Waals surface area contributed by atoms with Gasteiger partial charge in [0.1, 0.15) is 0 Å². The van der Waals surface area contributed by atoms with Crippen LogP contribution in [0.4, 0.5) is 11.4 Å². The maximum absolute atomic E-state index is 2.71. The van der Waals surface area contributed by atoms with E-state index >= 15 is 0 Å². The second-order valence-corrected chi connectivity index (χ2v) is 11.3. The number of hydrogen-bond acceptors (Lipinski definition) is 3. The Morgan fingerprint density at radius 3 is 2.23 bits per heavy atom. The molecule has 1 aromatic rings. The van der Waals surface area contributed by atoms with Gasteiger partial charge in [0.2, 0.25) is 0 Å². The molecule has 0 N–H and O–H groups in total. The zero-order valence-electron chi connectivity index (χ0n) is 20.7. The van der Waals surface area contributed by atoms with Crippen LogP contribution in [0.2, 0.25) is 0 Å². The minimum Gasteiger partial charge on any atom is -0.372 e. The molecule has 3 fully saturated rings.